The monoisotopic (exact) mass is 512 g/mol. The largest absolute Gasteiger partial charge is 0.468 e. The third-order valence-electron chi connectivity index (χ3n) is 6.27. The highest BCUT2D eigenvalue weighted by atomic mass is 16.5. The second kappa shape index (κ2) is 10.5. The van der Waals surface area contributed by atoms with Crippen LogP contribution in [0.5, 0.6) is 0 Å². The average Bonchev–Trinajstić information content (AvgIpc) is 3.59. The lowest BCUT2D eigenvalue weighted by Crippen LogP contribution is -2.40. The van der Waals surface area contributed by atoms with Gasteiger partial charge in [-0.15, -0.1) is 10.2 Å². The van der Waals surface area contributed by atoms with Gasteiger partial charge in [0.1, 0.15) is 13.1 Å². The molecule has 0 fully saturated rings. The first-order chi connectivity index (χ1) is 18.5. The first-order valence-corrected chi connectivity index (χ1v) is 11.7. The Labute approximate surface area is 216 Å². The SMILES string of the molecule is COC(=O)CN(CC(=O)OC)C(=O)c1cccc(Cn2c3ccccc3c3cc(-c4nn[nH]n4)ccc32)c1. The molecule has 2 heterocycles. The molecule has 0 saturated carbocycles. The van der Waals surface area contributed by atoms with Crippen LogP contribution in [0.15, 0.2) is 66.7 Å². The minimum absolute atomic E-state index is 0.343. The van der Waals surface area contributed by atoms with Crippen LogP contribution >= 0.6 is 0 Å². The Morgan fingerprint density at radius 1 is 0.868 bits per heavy atom. The van der Waals surface area contributed by atoms with E-state index in [1.54, 1.807) is 18.2 Å². The van der Waals surface area contributed by atoms with Gasteiger partial charge in [-0.25, -0.2) is 0 Å². The number of aromatic amines is 1. The third kappa shape index (κ3) is 4.81. The van der Waals surface area contributed by atoms with Crippen molar-refractivity contribution in [3.63, 3.8) is 0 Å². The Kier molecular flexibility index (Phi) is 6.81. The van der Waals surface area contributed by atoms with Crippen LogP contribution in [-0.2, 0) is 25.6 Å². The van der Waals surface area contributed by atoms with Crippen molar-refractivity contribution in [1.29, 1.82) is 0 Å². The number of carbonyl (C=O) groups excluding carboxylic acids is 3. The number of fused-ring (bicyclic) bond motifs is 3. The first kappa shape index (κ1) is 24.6. The van der Waals surface area contributed by atoms with Gasteiger partial charge in [-0.1, -0.05) is 30.3 Å². The Hall–Kier alpha value is -5.06. The molecule has 0 radical (unpaired) electrons. The van der Waals surface area contributed by atoms with E-state index in [9.17, 15) is 14.4 Å². The van der Waals surface area contributed by atoms with E-state index < -0.39 is 17.8 Å². The number of hydrogen-bond donors (Lipinski definition) is 1. The Morgan fingerprint density at radius 3 is 2.32 bits per heavy atom. The van der Waals surface area contributed by atoms with Gasteiger partial charge >= 0.3 is 11.9 Å². The summed E-state index contributed by atoms with van der Waals surface area (Å²) in [6.45, 7) is -0.255. The fraction of sp³-hybridized carbons (Fsp3) is 0.185. The van der Waals surface area contributed by atoms with Gasteiger partial charge in [0, 0.05) is 39.5 Å². The number of para-hydroxylation sites is 1. The van der Waals surface area contributed by atoms with E-state index >= 15 is 0 Å². The molecule has 0 saturated heterocycles. The van der Waals surface area contributed by atoms with Crippen LogP contribution < -0.4 is 0 Å². The summed E-state index contributed by atoms with van der Waals surface area (Å²) in [5, 5.41) is 16.4. The molecule has 0 unspecified atom stereocenters. The Morgan fingerprint density at radius 2 is 1.61 bits per heavy atom. The van der Waals surface area contributed by atoms with E-state index in [4.69, 9.17) is 0 Å². The number of nitrogens with one attached hydrogen (secondary N) is 1. The van der Waals surface area contributed by atoms with Crippen molar-refractivity contribution >= 4 is 39.7 Å². The number of benzene rings is 3. The van der Waals surface area contributed by atoms with Crippen molar-refractivity contribution in [1.82, 2.24) is 30.1 Å². The van der Waals surface area contributed by atoms with Gasteiger partial charge < -0.3 is 18.9 Å². The molecule has 11 nitrogen and oxygen atoms in total. The molecule has 5 aromatic rings. The number of rotatable bonds is 8. The van der Waals surface area contributed by atoms with Crippen LogP contribution in [0.2, 0.25) is 0 Å². The van der Waals surface area contributed by atoms with Crippen molar-refractivity contribution < 1.29 is 23.9 Å². The first-order valence-electron chi connectivity index (χ1n) is 11.7. The van der Waals surface area contributed by atoms with E-state index in [0.717, 1.165) is 37.8 Å². The van der Waals surface area contributed by atoms with Gasteiger partial charge in [0.15, 0.2) is 0 Å². The minimum atomic E-state index is -0.635. The number of hydrogen-bond acceptors (Lipinski definition) is 8. The summed E-state index contributed by atoms with van der Waals surface area (Å²) < 4.78 is 11.6. The smallest absolute Gasteiger partial charge is 0.325 e. The van der Waals surface area contributed by atoms with Gasteiger partial charge in [0.2, 0.25) is 5.82 Å². The highest BCUT2D eigenvalue weighted by Gasteiger charge is 2.23. The number of nitrogens with zero attached hydrogens (tertiary/aromatic N) is 5. The molecular weight excluding hydrogens is 488 g/mol. The highest BCUT2D eigenvalue weighted by molar-refractivity contribution is 6.09. The van der Waals surface area contributed by atoms with Gasteiger partial charge in [-0.2, -0.15) is 5.21 Å². The number of ether oxygens (including phenoxy) is 2. The number of aromatic nitrogens is 5. The second-order valence-electron chi connectivity index (χ2n) is 8.58. The number of methoxy groups -OCH3 is 2. The summed E-state index contributed by atoms with van der Waals surface area (Å²) >= 11 is 0. The number of tetrazole rings is 1. The van der Waals surface area contributed by atoms with Gasteiger partial charge in [0.25, 0.3) is 5.91 Å². The van der Waals surface area contributed by atoms with E-state index in [0.29, 0.717) is 17.9 Å². The number of H-pyrrole nitrogens is 1. The number of esters is 2. The normalized spacial score (nSPS) is 11.0. The summed E-state index contributed by atoms with van der Waals surface area (Å²) in [6.07, 6.45) is 0. The van der Waals surface area contributed by atoms with Crippen LogP contribution in [0, 0.1) is 0 Å². The highest BCUT2D eigenvalue weighted by Crippen LogP contribution is 2.32. The van der Waals surface area contributed by atoms with Crippen LogP contribution in [0.4, 0.5) is 0 Å². The molecule has 0 bridgehead atoms. The molecule has 0 aliphatic heterocycles. The van der Waals surface area contributed by atoms with E-state index in [1.807, 2.05) is 42.5 Å². The minimum Gasteiger partial charge on any atom is -0.468 e. The molecule has 0 atom stereocenters. The van der Waals surface area contributed by atoms with E-state index in [1.165, 1.54) is 14.2 Å². The Bertz CT molecular complexity index is 1620. The summed E-state index contributed by atoms with van der Waals surface area (Å²) in [5.41, 5.74) is 4.10. The van der Waals surface area contributed by atoms with Gasteiger partial charge in [-0.05, 0) is 47.2 Å². The van der Waals surface area contributed by atoms with Crippen LogP contribution in [0.1, 0.15) is 15.9 Å². The van der Waals surface area contributed by atoms with Crippen molar-refractivity contribution in [3.05, 3.63) is 77.9 Å². The number of carbonyl (C=O) groups is 3. The quantitative estimate of drug-likeness (QED) is 0.314. The predicted octanol–water partition coefficient (Wildman–Crippen LogP) is 2.81. The van der Waals surface area contributed by atoms with E-state index in [2.05, 4.69) is 40.7 Å². The molecule has 38 heavy (non-hydrogen) atoms. The summed E-state index contributed by atoms with van der Waals surface area (Å²) in [5.74, 6) is -1.24. The second-order valence-corrected chi connectivity index (χ2v) is 8.58. The van der Waals surface area contributed by atoms with E-state index in [-0.39, 0.29) is 13.1 Å². The standard InChI is InChI=1S/C27H24N6O5/c1-37-24(34)15-32(16-25(35)38-2)27(36)19-7-5-6-17(12-19)14-33-22-9-4-3-8-20(22)21-13-18(10-11-23(21)33)26-28-30-31-29-26/h3-13H,14-16H2,1-2H3,(H,28,29,30,31). The molecule has 11 heteroatoms. The van der Waals surface area contributed by atoms with Crippen molar-refractivity contribution in [3.8, 4) is 11.4 Å². The fourth-order valence-electron chi connectivity index (χ4n) is 4.46. The van der Waals surface area contributed by atoms with Crippen molar-refractivity contribution in [2.24, 2.45) is 0 Å². The van der Waals surface area contributed by atoms with Crippen LogP contribution in [0.3, 0.4) is 0 Å². The molecule has 2 aromatic heterocycles. The average molecular weight is 513 g/mol. The lowest BCUT2D eigenvalue weighted by atomic mass is 10.1. The lowest BCUT2D eigenvalue weighted by Gasteiger charge is -2.20. The van der Waals surface area contributed by atoms with Gasteiger partial charge in [0.05, 0.1) is 14.2 Å². The third-order valence-corrected chi connectivity index (χ3v) is 6.27. The zero-order valence-corrected chi connectivity index (χ0v) is 20.7. The predicted molar refractivity (Wildman–Crippen MR) is 138 cm³/mol. The van der Waals surface area contributed by atoms with Crippen LogP contribution in [0.25, 0.3) is 33.2 Å². The Balaban J connectivity index is 1.50. The fourth-order valence-corrected chi connectivity index (χ4v) is 4.46. The van der Waals surface area contributed by atoms with Gasteiger partial charge in [-0.3, -0.25) is 14.4 Å². The lowest BCUT2D eigenvalue weighted by molar-refractivity contribution is -0.144. The maximum Gasteiger partial charge on any atom is 0.325 e. The topological polar surface area (TPSA) is 132 Å². The maximum absolute atomic E-state index is 13.3. The summed E-state index contributed by atoms with van der Waals surface area (Å²) in [6, 6.07) is 21.2. The summed E-state index contributed by atoms with van der Waals surface area (Å²) in [7, 11) is 2.45. The molecule has 3 aromatic carbocycles. The zero-order chi connectivity index (χ0) is 26.6. The summed E-state index contributed by atoms with van der Waals surface area (Å²) in [4.78, 5) is 38.1. The van der Waals surface area contributed by atoms with Crippen molar-refractivity contribution in [2.45, 2.75) is 6.54 Å². The maximum atomic E-state index is 13.3. The van der Waals surface area contributed by atoms with Crippen molar-refractivity contribution in [2.75, 3.05) is 27.3 Å². The molecule has 0 spiro atoms. The molecule has 1 N–H and O–H groups in total. The molecule has 5 rings (SSSR count). The molecular formula is C27H24N6O5. The molecule has 1 amide bonds. The molecule has 0 aliphatic carbocycles. The molecule has 0 aliphatic rings. The van der Waals surface area contributed by atoms with Crippen LogP contribution in [-0.4, -0.2) is 75.2 Å². The zero-order valence-electron chi connectivity index (χ0n) is 20.7. The number of amides is 1. The molecule has 192 valence electrons.